The van der Waals surface area contributed by atoms with Crippen molar-refractivity contribution in [1.82, 2.24) is 15.3 Å². The number of carbonyl (C=O) groups excluding carboxylic acids is 2. The number of unbranched alkanes of at least 4 members (excludes halogenated alkanes) is 1. The van der Waals surface area contributed by atoms with Crippen LogP contribution < -0.4 is 16.4 Å². The van der Waals surface area contributed by atoms with Crippen molar-refractivity contribution >= 4 is 17.5 Å². The van der Waals surface area contributed by atoms with E-state index in [2.05, 4.69) is 26.5 Å². The number of primary amides is 1. The van der Waals surface area contributed by atoms with E-state index in [1.54, 1.807) is 25.3 Å². The Hall–Kier alpha value is -3.40. The number of carbonyl (C=O) groups is 2. The molecule has 0 aliphatic heterocycles. The lowest BCUT2D eigenvalue weighted by atomic mass is 10.2. The van der Waals surface area contributed by atoms with Crippen LogP contribution in [0.2, 0.25) is 0 Å². The third kappa shape index (κ3) is 6.12. The number of nitrogens with two attached hydrogens (primary N) is 1. The predicted octanol–water partition coefficient (Wildman–Crippen LogP) is 1.68. The average Bonchev–Trinajstić information content (AvgIpc) is 2.66. The van der Waals surface area contributed by atoms with Crippen molar-refractivity contribution in [2.24, 2.45) is 5.73 Å². The van der Waals surface area contributed by atoms with Crippen LogP contribution in [-0.2, 0) is 6.42 Å². The van der Waals surface area contributed by atoms with Crippen molar-refractivity contribution in [1.29, 1.82) is 0 Å². The summed E-state index contributed by atoms with van der Waals surface area (Å²) in [6, 6.07) is 7.20. The van der Waals surface area contributed by atoms with E-state index in [0.717, 1.165) is 12.1 Å². The zero-order valence-corrected chi connectivity index (χ0v) is 15.3. The van der Waals surface area contributed by atoms with E-state index in [9.17, 15) is 9.59 Å². The number of nitrogens with zero attached hydrogens (tertiary/aromatic N) is 2. The minimum absolute atomic E-state index is 0.118. The van der Waals surface area contributed by atoms with Gasteiger partial charge in [-0.05, 0) is 37.6 Å². The summed E-state index contributed by atoms with van der Waals surface area (Å²) in [4.78, 5) is 31.7. The molecule has 7 heteroatoms. The van der Waals surface area contributed by atoms with Crippen molar-refractivity contribution in [2.45, 2.75) is 26.2 Å². The molecule has 27 heavy (non-hydrogen) atoms. The summed E-state index contributed by atoms with van der Waals surface area (Å²) in [7, 11) is 0. The second-order valence-electron chi connectivity index (χ2n) is 5.98. The smallest absolute Gasteiger partial charge is 0.269 e. The van der Waals surface area contributed by atoms with Gasteiger partial charge in [0.1, 0.15) is 5.69 Å². The van der Waals surface area contributed by atoms with Crippen molar-refractivity contribution in [3.05, 3.63) is 53.1 Å². The van der Waals surface area contributed by atoms with Gasteiger partial charge in [-0.25, -0.2) is 4.98 Å². The van der Waals surface area contributed by atoms with Gasteiger partial charge in [-0.15, -0.1) is 12.3 Å². The molecule has 140 valence electrons. The molecule has 2 rings (SSSR count). The third-order valence-corrected chi connectivity index (χ3v) is 3.88. The zero-order chi connectivity index (χ0) is 19.6. The average molecular weight is 365 g/mol. The van der Waals surface area contributed by atoms with Gasteiger partial charge in [-0.1, -0.05) is 0 Å². The molecule has 0 fully saturated rings. The second-order valence-corrected chi connectivity index (χ2v) is 5.98. The molecule has 0 atom stereocenters. The zero-order valence-electron chi connectivity index (χ0n) is 15.3. The van der Waals surface area contributed by atoms with Gasteiger partial charge in [0.15, 0.2) is 0 Å². The lowest BCUT2D eigenvalue weighted by molar-refractivity contribution is 0.0951. The van der Waals surface area contributed by atoms with Crippen LogP contribution in [0.1, 0.15) is 45.1 Å². The maximum absolute atomic E-state index is 12.0. The molecule has 0 unspecified atom stereocenters. The minimum atomic E-state index is -0.581. The topological polar surface area (TPSA) is 110 Å². The Kier molecular flexibility index (Phi) is 7.32. The number of benzene rings is 1. The maximum Gasteiger partial charge on any atom is 0.269 e. The normalized spacial score (nSPS) is 10.1. The van der Waals surface area contributed by atoms with Gasteiger partial charge in [0.25, 0.3) is 11.8 Å². The van der Waals surface area contributed by atoms with E-state index in [0.29, 0.717) is 42.9 Å². The van der Waals surface area contributed by atoms with Crippen LogP contribution >= 0.6 is 0 Å². The molecule has 0 radical (unpaired) electrons. The highest BCUT2D eigenvalue weighted by atomic mass is 16.2. The summed E-state index contributed by atoms with van der Waals surface area (Å²) in [5.41, 5.74) is 8.17. The monoisotopic (exact) mass is 365 g/mol. The fourth-order valence-corrected chi connectivity index (χ4v) is 2.41. The molecule has 1 aromatic heterocycles. The fourth-order valence-electron chi connectivity index (χ4n) is 2.41. The number of terminal acetylenes is 1. The number of anilines is 1. The standard InChI is InChI=1S/C20H23N5O2/c1-3-4-5-11-23-20(27)15-6-8-16(9-7-15)22-12-10-17-13-24-14(2)18(25-17)19(21)26/h1,6-9,13,22H,4-5,10-12H2,2H3,(H2,21,26)(H,23,27). The van der Waals surface area contributed by atoms with Crippen molar-refractivity contribution < 1.29 is 9.59 Å². The number of nitrogens with one attached hydrogen (secondary N) is 2. The van der Waals surface area contributed by atoms with Gasteiger partial charge in [0.2, 0.25) is 0 Å². The van der Waals surface area contributed by atoms with E-state index >= 15 is 0 Å². The van der Waals surface area contributed by atoms with Crippen LogP contribution in [0.3, 0.4) is 0 Å². The Labute approximate surface area is 158 Å². The molecule has 0 bridgehead atoms. The highest BCUT2D eigenvalue weighted by molar-refractivity contribution is 5.94. The molecule has 2 amide bonds. The Bertz CT molecular complexity index is 840. The summed E-state index contributed by atoms with van der Waals surface area (Å²) in [5, 5.41) is 6.07. The molecular weight excluding hydrogens is 342 g/mol. The van der Waals surface area contributed by atoms with Crippen LogP contribution in [0.25, 0.3) is 0 Å². The van der Waals surface area contributed by atoms with Gasteiger partial charge in [-0.2, -0.15) is 0 Å². The van der Waals surface area contributed by atoms with Crippen molar-refractivity contribution in [3.8, 4) is 12.3 Å². The predicted molar refractivity (Wildman–Crippen MR) is 104 cm³/mol. The van der Waals surface area contributed by atoms with Crippen LogP contribution in [-0.4, -0.2) is 34.9 Å². The van der Waals surface area contributed by atoms with E-state index < -0.39 is 5.91 Å². The Morgan fingerprint density at radius 2 is 1.96 bits per heavy atom. The van der Waals surface area contributed by atoms with Gasteiger partial charge in [0.05, 0.1) is 11.4 Å². The highest BCUT2D eigenvalue weighted by Gasteiger charge is 2.09. The Morgan fingerprint density at radius 1 is 1.22 bits per heavy atom. The minimum Gasteiger partial charge on any atom is -0.385 e. The summed E-state index contributed by atoms with van der Waals surface area (Å²) in [5.74, 6) is 1.84. The first-order valence-electron chi connectivity index (χ1n) is 8.69. The molecule has 0 spiro atoms. The number of hydrogen-bond donors (Lipinski definition) is 3. The van der Waals surface area contributed by atoms with Gasteiger partial charge in [-0.3, -0.25) is 14.6 Å². The van der Waals surface area contributed by atoms with Crippen LogP contribution in [0.5, 0.6) is 0 Å². The molecule has 1 heterocycles. The Morgan fingerprint density at radius 3 is 2.63 bits per heavy atom. The van der Waals surface area contributed by atoms with Gasteiger partial charge in [0, 0.05) is 43.4 Å². The molecule has 1 aromatic carbocycles. The third-order valence-electron chi connectivity index (χ3n) is 3.88. The molecule has 0 saturated heterocycles. The molecule has 0 saturated carbocycles. The molecule has 4 N–H and O–H groups in total. The summed E-state index contributed by atoms with van der Waals surface area (Å²) >= 11 is 0. The number of rotatable bonds is 9. The lowest BCUT2D eigenvalue weighted by Gasteiger charge is -2.09. The van der Waals surface area contributed by atoms with Crippen LogP contribution in [0.4, 0.5) is 5.69 Å². The van der Waals surface area contributed by atoms with Crippen molar-refractivity contribution in [2.75, 3.05) is 18.4 Å². The fraction of sp³-hybridized carbons (Fsp3) is 0.300. The number of aryl methyl sites for hydroxylation is 1. The quantitative estimate of drug-likeness (QED) is 0.463. The summed E-state index contributed by atoms with van der Waals surface area (Å²) in [6.45, 7) is 2.86. The first-order chi connectivity index (χ1) is 13.0. The first-order valence-corrected chi connectivity index (χ1v) is 8.69. The largest absolute Gasteiger partial charge is 0.385 e. The lowest BCUT2D eigenvalue weighted by Crippen LogP contribution is -2.24. The summed E-state index contributed by atoms with van der Waals surface area (Å²) < 4.78 is 0. The van der Waals surface area contributed by atoms with Gasteiger partial charge >= 0.3 is 0 Å². The number of hydrogen-bond acceptors (Lipinski definition) is 5. The van der Waals surface area contributed by atoms with Gasteiger partial charge < -0.3 is 16.4 Å². The number of aromatic nitrogens is 2. The summed E-state index contributed by atoms with van der Waals surface area (Å²) in [6.07, 6.45) is 8.82. The van der Waals surface area contributed by atoms with Crippen LogP contribution in [0, 0.1) is 19.3 Å². The Balaban J connectivity index is 1.83. The molecule has 2 aromatic rings. The molecule has 7 nitrogen and oxygen atoms in total. The van der Waals surface area contributed by atoms with Crippen LogP contribution in [0.15, 0.2) is 30.5 Å². The van der Waals surface area contributed by atoms with E-state index in [1.165, 1.54) is 0 Å². The second kappa shape index (κ2) is 9.92. The maximum atomic E-state index is 12.0. The first kappa shape index (κ1) is 19.9. The van der Waals surface area contributed by atoms with Crippen molar-refractivity contribution in [3.63, 3.8) is 0 Å². The highest BCUT2D eigenvalue weighted by Crippen LogP contribution is 2.10. The molecular formula is C20H23N5O2. The number of amides is 2. The van der Waals surface area contributed by atoms with E-state index in [1.807, 2.05) is 12.1 Å². The SMILES string of the molecule is C#CCCCNC(=O)c1ccc(NCCc2cnc(C)c(C(N)=O)n2)cc1. The molecule has 0 aliphatic rings. The molecule has 0 aliphatic carbocycles. The van der Waals surface area contributed by atoms with E-state index in [4.69, 9.17) is 12.2 Å². The van der Waals surface area contributed by atoms with E-state index in [-0.39, 0.29) is 11.6 Å².